The lowest BCUT2D eigenvalue weighted by Crippen LogP contribution is -2.45. The Balaban J connectivity index is 1.47. The van der Waals surface area contributed by atoms with Gasteiger partial charge in [0.1, 0.15) is 18.3 Å². The van der Waals surface area contributed by atoms with E-state index in [-0.39, 0.29) is 0 Å². The second kappa shape index (κ2) is 11.5. The van der Waals surface area contributed by atoms with Crippen molar-refractivity contribution in [3.8, 4) is 0 Å². The second-order valence-corrected chi connectivity index (χ2v) is 8.33. The summed E-state index contributed by atoms with van der Waals surface area (Å²) in [6.07, 6.45) is -1.19. The predicted octanol–water partition coefficient (Wildman–Crippen LogP) is 4.87. The summed E-state index contributed by atoms with van der Waals surface area (Å²) in [5, 5.41) is 11.3. The molecule has 3 aromatic carbocycles. The van der Waals surface area contributed by atoms with E-state index in [9.17, 15) is 5.11 Å². The van der Waals surface area contributed by atoms with Crippen LogP contribution in [0.15, 0.2) is 91.0 Å². The van der Waals surface area contributed by atoms with Crippen LogP contribution < -0.4 is 0 Å². The molecular weight excluding hydrogens is 416 g/mol. The van der Waals surface area contributed by atoms with Gasteiger partial charge < -0.3 is 24.1 Å². The highest BCUT2D eigenvalue weighted by molar-refractivity contribution is 5.15. The molecule has 0 aliphatic carbocycles. The van der Waals surface area contributed by atoms with E-state index in [1.54, 1.807) is 0 Å². The van der Waals surface area contributed by atoms with Crippen molar-refractivity contribution < 1.29 is 24.1 Å². The van der Waals surface area contributed by atoms with Gasteiger partial charge in [-0.15, -0.1) is 0 Å². The summed E-state index contributed by atoms with van der Waals surface area (Å²) in [6, 6.07) is 29.9. The number of hydrogen-bond donors (Lipinski definition) is 1. The van der Waals surface area contributed by atoms with E-state index >= 15 is 0 Å². The lowest BCUT2D eigenvalue weighted by molar-refractivity contribution is -0.244. The van der Waals surface area contributed by atoms with E-state index in [0.29, 0.717) is 32.8 Å². The van der Waals surface area contributed by atoms with Gasteiger partial charge in [-0.1, -0.05) is 97.9 Å². The van der Waals surface area contributed by atoms with Gasteiger partial charge in [0, 0.05) is 6.42 Å². The fourth-order valence-corrected chi connectivity index (χ4v) is 4.08. The summed E-state index contributed by atoms with van der Waals surface area (Å²) in [6.45, 7) is 3.41. The largest absolute Gasteiger partial charge is 0.374 e. The third-order valence-corrected chi connectivity index (χ3v) is 5.92. The van der Waals surface area contributed by atoms with Crippen LogP contribution >= 0.6 is 0 Å². The first-order chi connectivity index (χ1) is 16.2. The van der Waals surface area contributed by atoms with Crippen LogP contribution in [0, 0.1) is 0 Å². The fourth-order valence-electron chi connectivity index (χ4n) is 4.08. The highest BCUT2D eigenvalue weighted by atomic mass is 16.7. The topological polar surface area (TPSA) is 57.2 Å². The van der Waals surface area contributed by atoms with E-state index in [2.05, 4.69) is 0 Å². The van der Waals surface area contributed by atoms with Gasteiger partial charge in [0.25, 0.3) is 0 Å². The Hall–Kier alpha value is -2.54. The first kappa shape index (κ1) is 23.6. The number of aliphatic hydroxyl groups is 1. The maximum Gasteiger partial charge on any atom is 0.195 e. The Morgan fingerprint density at radius 3 is 1.73 bits per heavy atom. The molecule has 0 spiro atoms. The molecule has 174 valence electrons. The van der Waals surface area contributed by atoms with Crippen molar-refractivity contribution in [1.82, 2.24) is 0 Å². The first-order valence-corrected chi connectivity index (χ1v) is 11.5. The molecule has 5 heteroatoms. The standard InChI is InChI=1S/C28H32O5/c1-2-28(29)27(32-20-24-16-10-5-11-17-24)26(31-19-23-14-8-4-9-15-23)25(33-28)21-30-18-22-12-6-3-7-13-22/h3-17,25-27,29H,2,18-21H2,1H3/t25-,26+,27-,28?/m1/s1. The van der Waals surface area contributed by atoms with Crippen LogP contribution in [0.2, 0.25) is 0 Å². The highest BCUT2D eigenvalue weighted by Crippen LogP contribution is 2.37. The zero-order chi connectivity index (χ0) is 22.9. The zero-order valence-corrected chi connectivity index (χ0v) is 19.0. The third kappa shape index (κ3) is 6.28. The molecule has 1 aliphatic rings. The Labute approximate surface area is 195 Å². The lowest BCUT2D eigenvalue weighted by Gasteiger charge is -2.29. The Bertz CT molecular complexity index is 950. The van der Waals surface area contributed by atoms with Crippen molar-refractivity contribution in [3.63, 3.8) is 0 Å². The van der Waals surface area contributed by atoms with Crippen LogP contribution in [0.5, 0.6) is 0 Å². The molecule has 0 aromatic heterocycles. The summed E-state index contributed by atoms with van der Waals surface area (Å²) in [5.41, 5.74) is 3.16. The molecule has 4 atom stereocenters. The molecular formula is C28H32O5. The summed E-state index contributed by atoms with van der Waals surface area (Å²) >= 11 is 0. The normalized spacial score (nSPS) is 24.7. The van der Waals surface area contributed by atoms with Crippen molar-refractivity contribution in [2.24, 2.45) is 0 Å². The van der Waals surface area contributed by atoms with Crippen LogP contribution in [0.25, 0.3) is 0 Å². The molecule has 1 unspecified atom stereocenters. The zero-order valence-electron chi connectivity index (χ0n) is 19.0. The SMILES string of the molecule is CCC1(O)O[C@H](COCc2ccccc2)[C@H](OCc2ccccc2)[C@H]1OCc1ccccc1. The Kier molecular flexibility index (Phi) is 8.26. The monoisotopic (exact) mass is 448 g/mol. The molecule has 0 amide bonds. The van der Waals surface area contributed by atoms with Crippen molar-refractivity contribution in [2.45, 2.75) is 57.3 Å². The molecule has 0 saturated carbocycles. The number of ether oxygens (including phenoxy) is 4. The van der Waals surface area contributed by atoms with E-state index < -0.39 is 24.1 Å². The first-order valence-electron chi connectivity index (χ1n) is 11.5. The molecule has 0 radical (unpaired) electrons. The second-order valence-electron chi connectivity index (χ2n) is 8.33. The fraction of sp³-hybridized carbons (Fsp3) is 0.357. The van der Waals surface area contributed by atoms with E-state index in [0.717, 1.165) is 16.7 Å². The molecule has 1 aliphatic heterocycles. The quantitative estimate of drug-likeness (QED) is 0.454. The lowest BCUT2D eigenvalue weighted by atomic mass is 10.0. The molecule has 1 saturated heterocycles. The van der Waals surface area contributed by atoms with Crippen LogP contribution in [0.3, 0.4) is 0 Å². The van der Waals surface area contributed by atoms with Crippen molar-refractivity contribution in [3.05, 3.63) is 108 Å². The molecule has 1 fully saturated rings. The summed E-state index contributed by atoms with van der Waals surface area (Å²) < 4.78 is 24.6. The van der Waals surface area contributed by atoms with Gasteiger partial charge in [-0.25, -0.2) is 0 Å². The molecule has 5 nitrogen and oxygen atoms in total. The van der Waals surface area contributed by atoms with Gasteiger partial charge in [0.05, 0.1) is 26.4 Å². The number of benzene rings is 3. The smallest absolute Gasteiger partial charge is 0.195 e. The Morgan fingerprint density at radius 2 is 1.21 bits per heavy atom. The van der Waals surface area contributed by atoms with Crippen LogP contribution in [-0.4, -0.2) is 35.8 Å². The van der Waals surface area contributed by atoms with Crippen molar-refractivity contribution >= 4 is 0 Å². The van der Waals surface area contributed by atoms with Crippen LogP contribution in [-0.2, 0) is 38.8 Å². The van der Waals surface area contributed by atoms with E-state index in [4.69, 9.17) is 18.9 Å². The van der Waals surface area contributed by atoms with Crippen molar-refractivity contribution in [1.29, 1.82) is 0 Å². The van der Waals surface area contributed by atoms with Crippen molar-refractivity contribution in [2.75, 3.05) is 6.61 Å². The highest BCUT2D eigenvalue weighted by Gasteiger charge is 2.55. The molecule has 1 N–H and O–H groups in total. The van der Waals surface area contributed by atoms with Gasteiger partial charge in [-0.2, -0.15) is 0 Å². The average molecular weight is 449 g/mol. The third-order valence-electron chi connectivity index (χ3n) is 5.92. The van der Waals surface area contributed by atoms with Gasteiger partial charge in [-0.3, -0.25) is 0 Å². The van der Waals surface area contributed by atoms with Gasteiger partial charge in [0.15, 0.2) is 5.79 Å². The maximum atomic E-state index is 11.3. The molecule has 0 bridgehead atoms. The van der Waals surface area contributed by atoms with Crippen LogP contribution in [0.4, 0.5) is 0 Å². The van der Waals surface area contributed by atoms with E-state index in [1.165, 1.54) is 0 Å². The summed E-state index contributed by atoms with van der Waals surface area (Å²) in [5.74, 6) is -1.45. The van der Waals surface area contributed by atoms with Gasteiger partial charge in [-0.05, 0) is 16.7 Å². The predicted molar refractivity (Wildman–Crippen MR) is 126 cm³/mol. The molecule has 1 heterocycles. The minimum atomic E-state index is -1.45. The number of hydrogen-bond acceptors (Lipinski definition) is 5. The summed E-state index contributed by atoms with van der Waals surface area (Å²) in [7, 11) is 0. The maximum absolute atomic E-state index is 11.3. The molecule has 4 rings (SSSR count). The number of rotatable bonds is 11. The average Bonchev–Trinajstić information content (AvgIpc) is 3.14. The molecule has 3 aromatic rings. The van der Waals surface area contributed by atoms with Gasteiger partial charge >= 0.3 is 0 Å². The van der Waals surface area contributed by atoms with Gasteiger partial charge in [0.2, 0.25) is 0 Å². The minimum Gasteiger partial charge on any atom is -0.374 e. The Morgan fingerprint density at radius 1 is 0.727 bits per heavy atom. The van der Waals surface area contributed by atoms with Crippen LogP contribution in [0.1, 0.15) is 30.0 Å². The minimum absolute atomic E-state index is 0.294. The summed E-state index contributed by atoms with van der Waals surface area (Å²) in [4.78, 5) is 0. The van der Waals surface area contributed by atoms with E-state index in [1.807, 2.05) is 97.9 Å². The molecule has 33 heavy (non-hydrogen) atoms.